The summed E-state index contributed by atoms with van der Waals surface area (Å²) in [6.07, 6.45) is 1.67. The highest BCUT2D eigenvalue weighted by atomic mass is 16.3. The second kappa shape index (κ2) is 7.70. The van der Waals surface area contributed by atoms with Crippen LogP contribution < -0.4 is 15.1 Å². The van der Waals surface area contributed by atoms with Crippen LogP contribution in [0.2, 0.25) is 0 Å². The number of aryl methyl sites for hydroxylation is 2. The Morgan fingerprint density at radius 1 is 0.963 bits per heavy atom. The van der Waals surface area contributed by atoms with Crippen molar-refractivity contribution in [3.8, 4) is 0 Å². The third kappa shape index (κ3) is 4.22. The number of furan rings is 1. The number of nitrogens with one attached hydrogen (secondary N) is 1. The molecule has 6 heteroatoms. The summed E-state index contributed by atoms with van der Waals surface area (Å²) in [7, 11) is 0. The molecule has 1 saturated heterocycles. The van der Waals surface area contributed by atoms with E-state index in [4.69, 9.17) is 9.40 Å². The Hall–Kier alpha value is -3.02. The van der Waals surface area contributed by atoms with E-state index in [-0.39, 0.29) is 0 Å². The molecule has 3 heterocycles. The summed E-state index contributed by atoms with van der Waals surface area (Å²) in [5.74, 6) is 2.49. The summed E-state index contributed by atoms with van der Waals surface area (Å²) >= 11 is 0. The Balaban J connectivity index is 1.41. The zero-order valence-electron chi connectivity index (χ0n) is 15.9. The van der Waals surface area contributed by atoms with Crippen molar-refractivity contribution in [1.29, 1.82) is 0 Å². The average Bonchev–Trinajstić information content (AvgIpc) is 3.20. The SMILES string of the molecule is Cc1cccc(N2CCN(c3cc(C)nc(NCc4ccco4)n3)CC2)c1. The molecule has 1 aromatic carbocycles. The number of benzene rings is 1. The van der Waals surface area contributed by atoms with Gasteiger partial charge in [0, 0.05) is 43.6 Å². The number of hydrogen-bond acceptors (Lipinski definition) is 6. The molecule has 0 aliphatic carbocycles. The normalized spacial score (nSPS) is 14.4. The predicted octanol–water partition coefficient (Wildman–Crippen LogP) is 3.63. The minimum atomic E-state index is 0.580. The highest BCUT2D eigenvalue weighted by Crippen LogP contribution is 2.21. The Morgan fingerprint density at radius 2 is 1.78 bits per heavy atom. The van der Waals surface area contributed by atoms with E-state index in [0.29, 0.717) is 12.5 Å². The largest absolute Gasteiger partial charge is 0.467 e. The van der Waals surface area contributed by atoms with E-state index in [0.717, 1.165) is 43.5 Å². The van der Waals surface area contributed by atoms with Crippen LogP contribution in [0.5, 0.6) is 0 Å². The molecule has 6 nitrogen and oxygen atoms in total. The summed E-state index contributed by atoms with van der Waals surface area (Å²) in [5, 5.41) is 3.26. The summed E-state index contributed by atoms with van der Waals surface area (Å²) in [4.78, 5) is 14.0. The molecule has 0 unspecified atom stereocenters. The monoisotopic (exact) mass is 363 g/mol. The third-order valence-corrected chi connectivity index (χ3v) is 4.81. The van der Waals surface area contributed by atoms with E-state index in [2.05, 4.69) is 57.4 Å². The van der Waals surface area contributed by atoms with Crippen molar-refractivity contribution in [3.05, 3.63) is 65.7 Å². The maximum atomic E-state index is 5.36. The number of hydrogen-bond donors (Lipinski definition) is 1. The Bertz CT molecular complexity index is 885. The quantitative estimate of drug-likeness (QED) is 0.747. The van der Waals surface area contributed by atoms with Crippen molar-refractivity contribution < 1.29 is 4.42 Å². The van der Waals surface area contributed by atoms with Crippen LogP contribution >= 0.6 is 0 Å². The first-order valence-electron chi connectivity index (χ1n) is 9.36. The van der Waals surface area contributed by atoms with E-state index < -0.39 is 0 Å². The van der Waals surface area contributed by atoms with Gasteiger partial charge in [-0.25, -0.2) is 4.98 Å². The lowest BCUT2D eigenvalue weighted by Crippen LogP contribution is -2.47. The van der Waals surface area contributed by atoms with Crippen LogP contribution in [0.3, 0.4) is 0 Å². The van der Waals surface area contributed by atoms with Gasteiger partial charge in [0.15, 0.2) is 0 Å². The molecule has 0 saturated carbocycles. The van der Waals surface area contributed by atoms with E-state index in [1.54, 1.807) is 6.26 Å². The number of rotatable bonds is 5. The van der Waals surface area contributed by atoms with E-state index in [9.17, 15) is 0 Å². The standard InChI is InChI=1S/C21H25N5O/c1-16-5-3-6-18(13-16)25-8-10-26(11-9-25)20-14-17(2)23-21(24-20)22-15-19-7-4-12-27-19/h3-7,12-14H,8-11,15H2,1-2H3,(H,22,23,24). The maximum absolute atomic E-state index is 5.36. The van der Waals surface area contributed by atoms with Gasteiger partial charge < -0.3 is 19.5 Å². The molecule has 1 N–H and O–H groups in total. The first-order chi connectivity index (χ1) is 13.2. The highest BCUT2D eigenvalue weighted by Gasteiger charge is 2.19. The molecule has 27 heavy (non-hydrogen) atoms. The van der Waals surface area contributed by atoms with Crippen molar-refractivity contribution >= 4 is 17.5 Å². The van der Waals surface area contributed by atoms with Gasteiger partial charge in [0.2, 0.25) is 5.95 Å². The van der Waals surface area contributed by atoms with Crippen molar-refractivity contribution in [2.45, 2.75) is 20.4 Å². The summed E-state index contributed by atoms with van der Waals surface area (Å²) in [6, 6.07) is 14.6. The van der Waals surface area contributed by atoms with Crippen LogP contribution in [0.25, 0.3) is 0 Å². The molecule has 4 rings (SSSR count). The first-order valence-corrected chi connectivity index (χ1v) is 9.36. The molecule has 0 bridgehead atoms. The second-order valence-electron chi connectivity index (χ2n) is 6.94. The number of nitrogens with zero attached hydrogens (tertiary/aromatic N) is 4. The van der Waals surface area contributed by atoms with Gasteiger partial charge in [0.05, 0.1) is 12.8 Å². The molecule has 140 valence electrons. The number of piperazine rings is 1. The van der Waals surface area contributed by atoms with Gasteiger partial charge in [-0.05, 0) is 43.7 Å². The van der Waals surface area contributed by atoms with E-state index in [1.165, 1.54) is 11.3 Å². The van der Waals surface area contributed by atoms with Gasteiger partial charge in [-0.15, -0.1) is 0 Å². The summed E-state index contributed by atoms with van der Waals surface area (Å²) in [5.41, 5.74) is 3.56. The van der Waals surface area contributed by atoms with Crippen LogP contribution in [0.4, 0.5) is 17.5 Å². The third-order valence-electron chi connectivity index (χ3n) is 4.81. The fourth-order valence-corrected chi connectivity index (χ4v) is 3.39. The molecular weight excluding hydrogens is 338 g/mol. The van der Waals surface area contributed by atoms with Crippen LogP contribution in [-0.2, 0) is 6.54 Å². The van der Waals surface area contributed by atoms with Crippen LogP contribution in [0.15, 0.2) is 53.1 Å². The van der Waals surface area contributed by atoms with Crippen molar-refractivity contribution in [1.82, 2.24) is 9.97 Å². The Kier molecular flexibility index (Phi) is 4.96. The molecule has 0 atom stereocenters. The topological polar surface area (TPSA) is 57.4 Å². The number of anilines is 3. The Morgan fingerprint density at radius 3 is 2.52 bits per heavy atom. The summed E-state index contributed by atoms with van der Waals surface area (Å²) < 4.78 is 5.36. The molecule has 1 fully saturated rings. The highest BCUT2D eigenvalue weighted by molar-refractivity contribution is 5.52. The molecule has 0 amide bonds. The molecule has 1 aliphatic heterocycles. The molecule has 3 aromatic rings. The Labute approximate surface area is 159 Å². The lowest BCUT2D eigenvalue weighted by molar-refractivity contribution is 0.517. The first kappa shape index (κ1) is 17.4. The molecular formula is C21H25N5O. The fraction of sp³-hybridized carbons (Fsp3) is 0.333. The fourth-order valence-electron chi connectivity index (χ4n) is 3.39. The molecule has 2 aromatic heterocycles. The second-order valence-corrected chi connectivity index (χ2v) is 6.94. The van der Waals surface area contributed by atoms with Crippen LogP contribution in [0, 0.1) is 13.8 Å². The summed E-state index contributed by atoms with van der Waals surface area (Å²) in [6.45, 7) is 8.59. The van der Waals surface area contributed by atoms with Crippen LogP contribution in [-0.4, -0.2) is 36.1 Å². The lowest BCUT2D eigenvalue weighted by Gasteiger charge is -2.37. The zero-order chi connectivity index (χ0) is 18.6. The number of aromatic nitrogens is 2. The van der Waals surface area contributed by atoms with Gasteiger partial charge in [-0.3, -0.25) is 0 Å². The van der Waals surface area contributed by atoms with Gasteiger partial charge in [-0.1, -0.05) is 12.1 Å². The zero-order valence-corrected chi connectivity index (χ0v) is 15.9. The predicted molar refractivity (Wildman–Crippen MR) is 108 cm³/mol. The molecule has 0 spiro atoms. The van der Waals surface area contributed by atoms with Gasteiger partial charge >= 0.3 is 0 Å². The minimum Gasteiger partial charge on any atom is -0.467 e. The van der Waals surface area contributed by atoms with Crippen molar-refractivity contribution in [2.24, 2.45) is 0 Å². The van der Waals surface area contributed by atoms with E-state index >= 15 is 0 Å². The van der Waals surface area contributed by atoms with Crippen molar-refractivity contribution in [2.75, 3.05) is 41.3 Å². The van der Waals surface area contributed by atoms with Gasteiger partial charge in [0.25, 0.3) is 0 Å². The van der Waals surface area contributed by atoms with E-state index in [1.807, 2.05) is 19.1 Å². The average molecular weight is 363 g/mol. The molecule has 0 radical (unpaired) electrons. The minimum absolute atomic E-state index is 0.580. The maximum Gasteiger partial charge on any atom is 0.225 e. The molecule has 1 aliphatic rings. The van der Waals surface area contributed by atoms with Gasteiger partial charge in [-0.2, -0.15) is 4.98 Å². The van der Waals surface area contributed by atoms with Crippen LogP contribution in [0.1, 0.15) is 17.0 Å². The lowest BCUT2D eigenvalue weighted by atomic mass is 10.2. The van der Waals surface area contributed by atoms with Gasteiger partial charge in [0.1, 0.15) is 11.6 Å². The smallest absolute Gasteiger partial charge is 0.225 e. The van der Waals surface area contributed by atoms with Crippen molar-refractivity contribution in [3.63, 3.8) is 0 Å².